The summed E-state index contributed by atoms with van der Waals surface area (Å²) in [6.45, 7) is 8.32. The van der Waals surface area contributed by atoms with Crippen molar-refractivity contribution >= 4 is 29.1 Å². The van der Waals surface area contributed by atoms with Gasteiger partial charge >= 0.3 is 0 Å². The lowest BCUT2D eigenvalue weighted by atomic mass is 10.2. The van der Waals surface area contributed by atoms with Crippen LogP contribution in [0, 0.1) is 0 Å². The Hall–Kier alpha value is -0.770. The molecule has 1 aromatic carbocycles. The minimum Gasteiger partial charge on any atom is -0.352 e. The van der Waals surface area contributed by atoms with E-state index in [1.165, 1.54) is 0 Å². The van der Waals surface area contributed by atoms with Crippen LogP contribution in [0.15, 0.2) is 18.2 Å². The van der Waals surface area contributed by atoms with E-state index in [4.69, 9.17) is 23.2 Å². The molecule has 0 bridgehead atoms. The van der Waals surface area contributed by atoms with Gasteiger partial charge in [0.2, 0.25) is 0 Å². The van der Waals surface area contributed by atoms with Crippen molar-refractivity contribution in [1.82, 2.24) is 5.32 Å². The van der Waals surface area contributed by atoms with Crippen LogP contribution in [0.5, 0.6) is 0 Å². The van der Waals surface area contributed by atoms with Crippen molar-refractivity contribution in [1.29, 1.82) is 0 Å². The Balaban J connectivity index is 2.39. The zero-order chi connectivity index (χ0) is 14.3. The lowest BCUT2D eigenvalue weighted by Crippen LogP contribution is -3.11. The van der Waals surface area contributed by atoms with Crippen LogP contribution in [0.2, 0.25) is 10.0 Å². The first-order valence-electron chi connectivity index (χ1n) is 6.65. The lowest BCUT2D eigenvalue weighted by Gasteiger charge is -2.15. The predicted octanol–water partition coefficient (Wildman–Crippen LogP) is 2.04. The van der Waals surface area contributed by atoms with Gasteiger partial charge in [-0.25, -0.2) is 0 Å². The van der Waals surface area contributed by atoms with Crippen LogP contribution in [0.1, 0.15) is 30.6 Å². The Kier molecular flexibility index (Phi) is 7.21. The van der Waals surface area contributed by atoms with Crippen LogP contribution in [0.3, 0.4) is 0 Å². The molecule has 0 radical (unpaired) electrons. The van der Waals surface area contributed by atoms with Gasteiger partial charge in [0.1, 0.15) is 0 Å². The second-order valence-electron chi connectivity index (χ2n) is 4.44. The zero-order valence-corrected chi connectivity index (χ0v) is 12.9. The van der Waals surface area contributed by atoms with E-state index in [-0.39, 0.29) is 5.91 Å². The molecule has 0 atom stereocenters. The minimum atomic E-state index is -0.142. The van der Waals surface area contributed by atoms with Gasteiger partial charge in [0.05, 0.1) is 30.2 Å². The van der Waals surface area contributed by atoms with Crippen molar-refractivity contribution < 1.29 is 9.69 Å². The fourth-order valence-electron chi connectivity index (χ4n) is 1.91. The molecule has 0 aliphatic heterocycles. The third-order valence-corrected chi connectivity index (χ3v) is 3.72. The van der Waals surface area contributed by atoms with Crippen LogP contribution in [-0.2, 0) is 0 Å². The SMILES string of the molecule is CC[NH+](CC)CCCNC(=O)c1ccc(Cl)cc1Cl. The molecular formula is C14H21Cl2N2O+. The van der Waals surface area contributed by atoms with E-state index in [9.17, 15) is 4.79 Å². The third kappa shape index (κ3) is 5.39. The van der Waals surface area contributed by atoms with Crippen molar-refractivity contribution in [2.75, 3.05) is 26.2 Å². The summed E-state index contributed by atoms with van der Waals surface area (Å²) in [6, 6.07) is 4.90. The smallest absolute Gasteiger partial charge is 0.252 e. The highest BCUT2D eigenvalue weighted by molar-refractivity contribution is 6.36. The molecule has 5 heteroatoms. The molecule has 1 aromatic rings. The second kappa shape index (κ2) is 8.41. The number of hydrogen-bond donors (Lipinski definition) is 2. The van der Waals surface area contributed by atoms with Crippen LogP contribution in [-0.4, -0.2) is 32.1 Å². The highest BCUT2D eigenvalue weighted by Crippen LogP contribution is 2.20. The summed E-state index contributed by atoms with van der Waals surface area (Å²) in [6.07, 6.45) is 0.966. The Bertz CT molecular complexity index is 420. The quantitative estimate of drug-likeness (QED) is 0.743. The van der Waals surface area contributed by atoms with Crippen molar-refractivity contribution in [2.24, 2.45) is 0 Å². The van der Waals surface area contributed by atoms with Gasteiger partial charge in [0, 0.05) is 18.0 Å². The summed E-state index contributed by atoms with van der Waals surface area (Å²) < 4.78 is 0. The summed E-state index contributed by atoms with van der Waals surface area (Å²) in [5.74, 6) is -0.142. The van der Waals surface area contributed by atoms with E-state index in [0.717, 1.165) is 26.1 Å². The van der Waals surface area contributed by atoms with Gasteiger partial charge in [0.25, 0.3) is 5.91 Å². The largest absolute Gasteiger partial charge is 0.352 e. The number of hydrogen-bond acceptors (Lipinski definition) is 1. The average Bonchev–Trinajstić information content (AvgIpc) is 2.38. The molecule has 0 spiro atoms. The standard InChI is InChI=1S/C14H20Cl2N2O/c1-3-18(4-2)9-5-8-17-14(19)12-7-6-11(15)10-13(12)16/h6-7,10H,3-5,8-9H2,1-2H3,(H,17,19)/p+1. The summed E-state index contributed by atoms with van der Waals surface area (Å²) >= 11 is 11.8. The van der Waals surface area contributed by atoms with E-state index in [1.54, 1.807) is 23.1 Å². The van der Waals surface area contributed by atoms with Crippen LogP contribution >= 0.6 is 23.2 Å². The Morgan fingerprint density at radius 3 is 2.53 bits per heavy atom. The summed E-state index contributed by atoms with van der Waals surface area (Å²) in [7, 11) is 0. The van der Waals surface area contributed by atoms with Gasteiger partial charge in [-0.2, -0.15) is 0 Å². The van der Waals surface area contributed by atoms with Gasteiger partial charge in [0.15, 0.2) is 0 Å². The molecule has 0 aromatic heterocycles. The maximum atomic E-state index is 11.9. The molecule has 0 aliphatic rings. The maximum Gasteiger partial charge on any atom is 0.252 e. The monoisotopic (exact) mass is 303 g/mol. The molecular weight excluding hydrogens is 283 g/mol. The Morgan fingerprint density at radius 2 is 1.95 bits per heavy atom. The number of carbonyl (C=O) groups is 1. The first kappa shape index (κ1) is 16.3. The zero-order valence-electron chi connectivity index (χ0n) is 11.4. The van der Waals surface area contributed by atoms with Crippen molar-refractivity contribution in [3.63, 3.8) is 0 Å². The lowest BCUT2D eigenvalue weighted by molar-refractivity contribution is -0.896. The van der Waals surface area contributed by atoms with E-state index in [2.05, 4.69) is 19.2 Å². The van der Waals surface area contributed by atoms with E-state index in [1.807, 2.05) is 0 Å². The number of carbonyl (C=O) groups excluding carboxylic acids is 1. The molecule has 2 N–H and O–H groups in total. The molecule has 1 rings (SSSR count). The van der Waals surface area contributed by atoms with Crippen LogP contribution in [0.25, 0.3) is 0 Å². The van der Waals surface area contributed by atoms with E-state index < -0.39 is 0 Å². The van der Waals surface area contributed by atoms with Crippen LogP contribution < -0.4 is 10.2 Å². The molecule has 1 amide bonds. The number of amides is 1. The van der Waals surface area contributed by atoms with Crippen molar-refractivity contribution in [3.8, 4) is 0 Å². The highest BCUT2D eigenvalue weighted by Gasteiger charge is 2.10. The number of benzene rings is 1. The predicted molar refractivity (Wildman–Crippen MR) is 80.3 cm³/mol. The first-order valence-corrected chi connectivity index (χ1v) is 7.40. The van der Waals surface area contributed by atoms with Crippen LogP contribution in [0.4, 0.5) is 0 Å². The number of nitrogens with one attached hydrogen (secondary N) is 2. The molecule has 0 fully saturated rings. The van der Waals surface area contributed by atoms with Gasteiger partial charge < -0.3 is 10.2 Å². The van der Waals surface area contributed by atoms with Gasteiger partial charge in [-0.15, -0.1) is 0 Å². The van der Waals surface area contributed by atoms with E-state index >= 15 is 0 Å². The summed E-state index contributed by atoms with van der Waals surface area (Å²) in [4.78, 5) is 13.5. The van der Waals surface area contributed by atoms with Gasteiger partial charge in [-0.1, -0.05) is 23.2 Å². The van der Waals surface area contributed by atoms with Crippen molar-refractivity contribution in [2.45, 2.75) is 20.3 Å². The topological polar surface area (TPSA) is 33.5 Å². The van der Waals surface area contributed by atoms with Gasteiger partial charge in [-0.05, 0) is 32.0 Å². The van der Waals surface area contributed by atoms with Gasteiger partial charge in [-0.3, -0.25) is 4.79 Å². The third-order valence-electron chi connectivity index (χ3n) is 3.17. The number of quaternary nitrogens is 1. The molecule has 0 unspecified atom stereocenters. The molecule has 0 heterocycles. The summed E-state index contributed by atoms with van der Waals surface area (Å²) in [5, 5.41) is 3.81. The molecule has 0 saturated carbocycles. The normalized spacial score (nSPS) is 10.8. The minimum absolute atomic E-state index is 0.142. The fourth-order valence-corrected chi connectivity index (χ4v) is 2.41. The second-order valence-corrected chi connectivity index (χ2v) is 5.28. The Morgan fingerprint density at radius 1 is 1.26 bits per heavy atom. The summed E-state index contributed by atoms with van der Waals surface area (Å²) in [5.41, 5.74) is 0.473. The number of halogens is 2. The molecule has 19 heavy (non-hydrogen) atoms. The average molecular weight is 304 g/mol. The number of rotatable bonds is 7. The molecule has 106 valence electrons. The highest BCUT2D eigenvalue weighted by atomic mass is 35.5. The molecule has 3 nitrogen and oxygen atoms in total. The molecule has 0 aliphatic carbocycles. The van der Waals surface area contributed by atoms with E-state index in [0.29, 0.717) is 22.2 Å². The first-order chi connectivity index (χ1) is 9.08. The fraction of sp³-hybridized carbons (Fsp3) is 0.500. The Labute approximate surface area is 124 Å². The molecule has 0 saturated heterocycles. The maximum absolute atomic E-state index is 11.9. The van der Waals surface area contributed by atoms with Crippen molar-refractivity contribution in [3.05, 3.63) is 33.8 Å².